The molecule has 2 N–H and O–H groups in total. The first-order chi connectivity index (χ1) is 8.09. The largest absolute Gasteiger partial charge is 0.388 e. The summed E-state index contributed by atoms with van der Waals surface area (Å²) in [4.78, 5) is 4.42. The molecular formula is C13H19BrN2O. The summed E-state index contributed by atoms with van der Waals surface area (Å²) in [6.07, 6.45) is 5.30. The van der Waals surface area contributed by atoms with Crippen molar-refractivity contribution in [3.05, 3.63) is 22.3 Å². The van der Waals surface area contributed by atoms with Gasteiger partial charge in [0.2, 0.25) is 0 Å². The van der Waals surface area contributed by atoms with E-state index in [9.17, 15) is 5.11 Å². The van der Waals surface area contributed by atoms with Crippen LogP contribution in [0.1, 0.15) is 37.8 Å². The molecule has 2 rings (SSSR count). The summed E-state index contributed by atoms with van der Waals surface area (Å²) in [6.45, 7) is 2.56. The van der Waals surface area contributed by atoms with Crippen LogP contribution in [0.15, 0.2) is 16.6 Å². The molecule has 0 bridgehead atoms. The molecule has 3 nitrogen and oxygen atoms in total. The minimum absolute atomic E-state index is 0.541. The Bertz CT molecular complexity index is 389. The van der Waals surface area contributed by atoms with E-state index in [1.807, 2.05) is 19.1 Å². The van der Waals surface area contributed by atoms with Crippen molar-refractivity contribution in [3.63, 3.8) is 0 Å². The maximum Gasteiger partial charge on any atom is 0.126 e. The Morgan fingerprint density at radius 1 is 1.35 bits per heavy atom. The SMILES string of the molecule is Cc1nc(NCC2(O)CCCCC2)ccc1Br. The van der Waals surface area contributed by atoms with Crippen LogP contribution in [0.3, 0.4) is 0 Å². The Morgan fingerprint density at radius 3 is 2.71 bits per heavy atom. The molecule has 1 aromatic rings. The van der Waals surface area contributed by atoms with Crippen molar-refractivity contribution >= 4 is 21.7 Å². The summed E-state index contributed by atoms with van der Waals surface area (Å²) in [5.74, 6) is 0.838. The first-order valence-corrected chi connectivity index (χ1v) is 6.98. The van der Waals surface area contributed by atoms with Crippen LogP contribution in [0.2, 0.25) is 0 Å². The normalized spacial score (nSPS) is 19.0. The maximum atomic E-state index is 10.4. The molecule has 4 heteroatoms. The zero-order valence-corrected chi connectivity index (χ0v) is 11.8. The second-order valence-corrected chi connectivity index (χ2v) is 5.76. The van der Waals surface area contributed by atoms with Crippen LogP contribution in [0.4, 0.5) is 5.82 Å². The van der Waals surface area contributed by atoms with E-state index >= 15 is 0 Å². The quantitative estimate of drug-likeness (QED) is 0.900. The van der Waals surface area contributed by atoms with E-state index in [2.05, 4.69) is 26.2 Å². The van der Waals surface area contributed by atoms with E-state index < -0.39 is 5.60 Å². The third-order valence-corrected chi connectivity index (χ3v) is 4.24. The Labute approximate surface area is 111 Å². The summed E-state index contributed by atoms with van der Waals surface area (Å²) >= 11 is 3.43. The molecule has 0 aromatic carbocycles. The van der Waals surface area contributed by atoms with Gasteiger partial charge in [-0.1, -0.05) is 19.3 Å². The minimum atomic E-state index is -0.541. The number of hydrogen-bond donors (Lipinski definition) is 2. The van der Waals surface area contributed by atoms with Crippen molar-refractivity contribution in [2.24, 2.45) is 0 Å². The molecule has 1 saturated carbocycles. The molecule has 0 saturated heterocycles. The van der Waals surface area contributed by atoms with Gasteiger partial charge in [0.15, 0.2) is 0 Å². The van der Waals surface area contributed by atoms with E-state index in [1.165, 1.54) is 6.42 Å². The maximum absolute atomic E-state index is 10.4. The number of aryl methyl sites for hydroxylation is 1. The molecule has 1 heterocycles. The van der Waals surface area contributed by atoms with Crippen LogP contribution < -0.4 is 5.32 Å². The highest BCUT2D eigenvalue weighted by molar-refractivity contribution is 9.10. The van der Waals surface area contributed by atoms with E-state index in [0.717, 1.165) is 41.7 Å². The average Bonchev–Trinajstić information content (AvgIpc) is 2.32. The van der Waals surface area contributed by atoms with E-state index in [4.69, 9.17) is 0 Å². The number of aromatic nitrogens is 1. The van der Waals surface area contributed by atoms with Crippen LogP contribution in [0.25, 0.3) is 0 Å². The molecule has 0 atom stereocenters. The minimum Gasteiger partial charge on any atom is -0.388 e. The second kappa shape index (κ2) is 5.36. The third-order valence-electron chi connectivity index (χ3n) is 3.40. The molecule has 0 radical (unpaired) electrons. The topological polar surface area (TPSA) is 45.2 Å². The Balaban J connectivity index is 1.94. The molecule has 1 aromatic heterocycles. The molecule has 1 aliphatic rings. The fourth-order valence-electron chi connectivity index (χ4n) is 2.28. The Hall–Kier alpha value is -0.610. The molecule has 0 unspecified atom stereocenters. The first kappa shape index (κ1) is 12.8. The van der Waals surface area contributed by atoms with Crippen LogP contribution in [0, 0.1) is 6.92 Å². The van der Waals surface area contributed by atoms with Gasteiger partial charge in [0.05, 0.1) is 11.3 Å². The first-order valence-electron chi connectivity index (χ1n) is 6.18. The second-order valence-electron chi connectivity index (χ2n) is 4.90. The molecule has 0 aliphatic heterocycles. The van der Waals surface area contributed by atoms with Gasteiger partial charge in [0, 0.05) is 11.0 Å². The summed E-state index contributed by atoms with van der Waals surface area (Å²) < 4.78 is 1.01. The smallest absolute Gasteiger partial charge is 0.126 e. The number of nitrogens with one attached hydrogen (secondary N) is 1. The molecule has 1 aliphatic carbocycles. The number of hydrogen-bond acceptors (Lipinski definition) is 3. The van der Waals surface area contributed by atoms with Crippen molar-refractivity contribution in [2.45, 2.75) is 44.6 Å². The number of pyridine rings is 1. The summed E-state index contributed by atoms with van der Waals surface area (Å²) in [7, 11) is 0. The van der Waals surface area contributed by atoms with Gasteiger partial charge in [-0.15, -0.1) is 0 Å². The fraction of sp³-hybridized carbons (Fsp3) is 0.615. The lowest BCUT2D eigenvalue weighted by atomic mass is 9.85. The van der Waals surface area contributed by atoms with E-state index in [1.54, 1.807) is 0 Å². The summed E-state index contributed by atoms with van der Waals surface area (Å²) in [6, 6.07) is 3.92. The van der Waals surface area contributed by atoms with Crippen LogP contribution in [0.5, 0.6) is 0 Å². The van der Waals surface area contributed by atoms with Crippen LogP contribution in [-0.4, -0.2) is 22.2 Å². The van der Waals surface area contributed by atoms with Crippen molar-refractivity contribution in [3.8, 4) is 0 Å². The lowest BCUT2D eigenvalue weighted by Crippen LogP contribution is -2.38. The standard InChI is InChI=1S/C13H19BrN2O/c1-10-11(14)5-6-12(16-10)15-9-13(17)7-3-2-4-8-13/h5-6,17H,2-4,7-9H2,1H3,(H,15,16). The number of aliphatic hydroxyl groups is 1. The van der Waals surface area contributed by atoms with Crippen molar-refractivity contribution in [1.29, 1.82) is 0 Å². The predicted octanol–water partition coefficient (Wildman–Crippen LogP) is 3.26. The monoisotopic (exact) mass is 298 g/mol. The van der Waals surface area contributed by atoms with Gasteiger partial charge in [-0.2, -0.15) is 0 Å². The zero-order chi connectivity index (χ0) is 12.3. The van der Waals surface area contributed by atoms with Gasteiger partial charge in [0.1, 0.15) is 5.82 Å². The van der Waals surface area contributed by atoms with Crippen LogP contribution in [-0.2, 0) is 0 Å². The summed E-state index contributed by atoms with van der Waals surface area (Å²) in [5, 5.41) is 13.6. The number of nitrogens with zero attached hydrogens (tertiary/aromatic N) is 1. The number of rotatable bonds is 3. The third kappa shape index (κ3) is 3.42. The van der Waals surface area contributed by atoms with Crippen molar-refractivity contribution in [2.75, 3.05) is 11.9 Å². The predicted molar refractivity (Wildman–Crippen MR) is 73.2 cm³/mol. The average molecular weight is 299 g/mol. The molecule has 0 spiro atoms. The van der Waals surface area contributed by atoms with Crippen molar-refractivity contribution < 1.29 is 5.11 Å². The molecular weight excluding hydrogens is 280 g/mol. The van der Waals surface area contributed by atoms with E-state index in [-0.39, 0.29) is 0 Å². The molecule has 94 valence electrons. The lowest BCUT2D eigenvalue weighted by Gasteiger charge is -2.32. The molecule has 0 amide bonds. The number of anilines is 1. The van der Waals surface area contributed by atoms with Gasteiger partial charge in [0.25, 0.3) is 0 Å². The van der Waals surface area contributed by atoms with E-state index in [0.29, 0.717) is 6.54 Å². The Morgan fingerprint density at radius 2 is 2.06 bits per heavy atom. The summed E-state index contributed by atoms with van der Waals surface area (Å²) in [5.41, 5.74) is 0.423. The zero-order valence-electron chi connectivity index (χ0n) is 10.2. The van der Waals surface area contributed by atoms with Gasteiger partial charge >= 0.3 is 0 Å². The highest BCUT2D eigenvalue weighted by Crippen LogP contribution is 2.28. The fourth-order valence-corrected chi connectivity index (χ4v) is 2.51. The van der Waals surface area contributed by atoms with Gasteiger partial charge in [-0.05, 0) is 47.8 Å². The van der Waals surface area contributed by atoms with Gasteiger partial charge in [-0.25, -0.2) is 4.98 Å². The Kier molecular flexibility index (Phi) is 4.05. The molecule has 17 heavy (non-hydrogen) atoms. The highest BCUT2D eigenvalue weighted by atomic mass is 79.9. The lowest BCUT2D eigenvalue weighted by molar-refractivity contribution is 0.0166. The van der Waals surface area contributed by atoms with Crippen molar-refractivity contribution in [1.82, 2.24) is 4.98 Å². The van der Waals surface area contributed by atoms with Crippen LogP contribution >= 0.6 is 15.9 Å². The number of halogens is 1. The molecule has 1 fully saturated rings. The van der Waals surface area contributed by atoms with Gasteiger partial charge in [-0.3, -0.25) is 0 Å². The highest BCUT2D eigenvalue weighted by Gasteiger charge is 2.28. The van der Waals surface area contributed by atoms with Gasteiger partial charge < -0.3 is 10.4 Å².